The quantitative estimate of drug-likeness (QED) is 0.522. The predicted octanol–water partition coefficient (Wildman–Crippen LogP) is -0.0884. The lowest BCUT2D eigenvalue weighted by molar-refractivity contribution is -0.138. The minimum absolute atomic E-state index is 0.419. The van der Waals surface area contributed by atoms with Gasteiger partial charge < -0.3 is 16.2 Å². The minimum Gasteiger partial charge on any atom is -0.480 e. The molecule has 0 rings (SSSR count). The number of carbonyl (C=O) groups is 1. The lowest BCUT2D eigenvalue weighted by atomic mass is 10.2. The molecule has 0 aliphatic carbocycles. The highest BCUT2D eigenvalue weighted by Gasteiger charge is 2.09. The fourth-order valence-electron chi connectivity index (χ4n) is 0.565. The summed E-state index contributed by atoms with van der Waals surface area (Å²) >= 11 is 0. The molecule has 1 unspecified atom stereocenters. The van der Waals surface area contributed by atoms with E-state index in [2.05, 4.69) is 11.9 Å². The maximum absolute atomic E-state index is 10.2. The predicted molar refractivity (Wildman–Crippen MR) is 43.0 cm³/mol. The van der Waals surface area contributed by atoms with Crippen molar-refractivity contribution in [2.45, 2.75) is 19.4 Å². The van der Waals surface area contributed by atoms with Crippen molar-refractivity contribution < 1.29 is 9.90 Å². The second-order valence-electron chi connectivity index (χ2n) is 2.44. The number of carboxylic acids is 1. The summed E-state index contributed by atoms with van der Waals surface area (Å²) in [5.41, 5.74) is 6.06. The molecule has 0 bridgehead atoms. The zero-order chi connectivity index (χ0) is 8.85. The minimum atomic E-state index is -0.964. The molecule has 0 saturated heterocycles. The van der Waals surface area contributed by atoms with Crippen LogP contribution in [0, 0.1) is 0 Å². The summed E-state index contributed by atoms with van der Waals surface area (Å²) in [4.78, 5) is 10.2. The van der Waals surface area contributed by atoms with Crippen molar-refractivity contribution in [3.05, 3.63) is 12.3 Å². The van der Waals surface area contributed by atoms with Crippen LogP contribution in [0.2, 0.25) is 0 Å². The SMILES string of the molecule is C=C(C)NCCC(N)C(=O)O. The van der Waals surface area contributed by atoms with Gasteiger partial charge in [-0.2, -0.15) is 0 Å². The van der Waals surface area contributed by atoms with E-state index in [1.165, 1.54) is 0 Å². The summed E-state index contributed by atoms with van der Waals surface area (Å²) in [6, 6.07) is -0.776. The Bertz CT molecular complexity index is 157. The van der Waals surface area contributed by atoms with E-state index in [0.717, 1.165) is 5.70 Å². The smallest absolute Gasteiger partial charge is 0.320 e. The molecular weight excluding hydrogens is 144 g/mol. The highest BCUT2D eigenvalue weighted by Crippen LogP contribution is 1.87. The number of aliphatic carboxylic acids is 1. The largest absolute Gasteiger partial charge is 0.480 e. The van der Waals surface area contributed by atoms with Gasteiger partial charge in [-0.05, 0) is 13.3 Å². The fourth-order valence-corrected chi connectivity index (χ4v) is 0.565. The van der Waals surface area contributed by atoms with Crippen LogP contribution in [0.25, 0.3) is 0 Å². The summed E-state index contributed by atoms with van der Waals surface area (Å²) in [7, 11) is 0. The molecule has 0 saturated carbocycles. The lowest BCUT2D eigenvalue weighted by Crippen LogP contribution is -2.33. The second kappa shape index (κ2) is 4.73. The number of carboxylic acid groups (broad SMARTS) is 1. The molecule has 0 aromatic carbocycles. The topological polar surface area (TPSA) is 75.3 Å². The van der Waals surface area contributed by atoms with Crippen LogP contribution in [0.1, 0.15) is 13.3 Å². The average molecular weight is 158 g/mol. The van der Waals surface area contributed by atoms with E-state index in [4.69, 9.17) is 10.8 Å². The fraction of sp³-hybridized carbons (Fsp3) is 0.571. The molecule has 0 aliphatic heterocycles. The number of hydrogen-bond donors (Lipinski definition) is 3. The standard InChI is InChI=1S/C7H14N2O2/c1-5(2)9-4-3-6(8)7(10)11/h6,9H,1,3-4,8H2,2H3,(H,10,11). The maximum Gasteiger partial charge on any atom is 0.320 e. The Morgan fingerprint density at radius 2 is 2.36 bits per heavy atom. The van der Waals surface area contributed by atoms with Crippen LogP contribution in [-0.4, -0.2) is 23.7 Å². The Hall–Kier alpha value is -1.03. The Morgan fingerprint density at radius 3 is 2.73 bits per heavy atom. The van der Waals surface area contributed by atoms with E-state index >= 15 is 0 Å². The van der Waals surface area contributed by atoms with Crippen molar-refractivity contribution in [2.75, 3.05) is 6.54 Å². The molecule has 0 aromatic heterocycles. The van der Waals surface area contributed by atoms with Crippen LogP contribution in [-0.2, 0) is 4.79 Å². The summed E-state index contributed by atoms with van der Waals surface area (Å²) in [5.74, 6) is -0.964. The van der Waals surface area contributed by atoms with Gasteiger partial charge in [0.05, 0.1) is 0 Å². The number of nitrogens with two attached hydrogens (primary N) is 1. The Morgan fingerprint density at radius 1 is 1.82 bits per heavy atom. The molecule has 11 heavy (non-hydrogen) atoms. The Kier molecular flexibility index (Phi) is 4.29. The van der Waals surface area contributed by atoms with Crippen molar-refractivity contribution in [1.29, 1.82) is 0 Å². The molecular formula is C7H14N2O2. The summed E-state index contributed by atoms with van der Waals surface area (Å²) in [5, 5.41) is 11.3. The van der Waals surface area contributed by atoms with Crippen LogP contribution in [0.15, 0.2) is 12.3 Å². The molecule has 0 aliphatic rings. The molecule has 0 amide bonds. The third-order valence-corrected chi connectivity index (χ3v) is 1.20. The van der Waals surface area contributed by atoms with Crippen molar-refractivity contribution >= 4 is 5.97 Å². The van der Waals surface area contributed by atoms with Crippen molar-refractivity contribution in [1.82, 2.24) is 5.32 Å². The molecule has 0 heterocycles. The molecule has 4 N–H and O–H groups in total. The zero-order valence-corrected chi connectivity index (χ0v) is 6.63. The first-order valence-corrected chi connectivity index (χ1v) is 3.42. The van der Waals surface area contributed by atoms with Gasteiger partial charge in [0.25, 0.3) is 0 Å². The van der Waals surface area contributed by atoms with Crippen molar-refractivity contribution in [2.24, 2.45) is 5.73 Å². The van der Waals surface area contributed by atoms with Gasteiger partial charge in [0.1, 0.15) is 6.04 Å². The average Bonchev–Trinajstić information content (AvgIpc) is 1.86. The first-order chi connectivity index (χ1) is 5.04. The third-order valence-electron chi connectivity index (χ3n) is 1.20. The highest BCUT2D eigenvalue weighted by atomic mass is 16.4. The molecule has 0 fully saturated rings. The van der Waals surface area contributed by atoms with Crippen LogP contribution in [0.3, 0.4) is 0 Å². The molecule has 1 atom stereocenters. The second-order valence-corrected chi connectivity index (χ2v) is 2.44. The van der Waals surface area contributed by atoms with E-state index < -0.39 is 12.0 Å². The van der Waals surface area contributed by atoms with Crippen LogP contribution >= 0.6 is 0 Å². The van der Waals surface area contributed by atoms with Gasteiger partial charge in [-0.25, -0.2) is 0 Å². The maximum atomic E-state index is 10.2. The monoisotopic (exact) mass is 158 g/mol. The van der Waals surface area contributed by atoms with Gasteiger partial charge in [0.2, 0.25) is 0 Å². The number of rotatable bonds is 5. The van der Waals surface area contributed by atoms with Gasteiger partial charge in [-0.15, -0.1) is 0 Å². The summed E-state index contributed by atoms with van der Waals surface area (Å²) in [6.07, 6.45) is 0.419. The van der Waals surface area contributed by atoms with E-state index in [1.807, 2.05) is 6.92 Å². The van der Waals surface area contributed by atoms with Gasteiger partial charge in [0.15, 0.2) is 0 Å². The normalized spacial score (nSPS) is 12.2. The number of nitrogens with one attached hydrogen (secondary N) is 1. The molecule has 0 spiro atoms. The van der Waals surface area contributed by atoms with Crippen LogP contribution in [0.5, 0.6) is 0 Å². The molecule has 64 valence electrons. The third kappa shape index (κ3) is 5.42. The van der Waals surface area contributed by atoms with E-state index in [0.29, 0.717) is 13.0 Å². The van der Waals surface area contributed by atoms with E-state index in [9.17, 15) is 4.79 Å². The molecule has 0 aromatic rings. The van der Waals surface area contributed by atoms with Gasteiger partial charge in [-0.1, -0.05) is 6.58 Å². The number of allylic oxidation sites excluding steroid dienone is 1. The molecule has 4 nitrogen and oxygen atoms in total. The Balaban J connectivity index is 3.39. The van der Waals surface area contributed by atoms with Crippen LogP contribution < -0.4 is 11.1 Å². The lowest BCUT2D eigenvalue weighted by Gasteiger charge is -2.07. The summed E-state index contributed by atoms with van der Waals surface area (Å²) < 4.78 is 0. The van der Waals surface area contributed by atoms with Gasteiger partial charge >= 0.3 is 5.97 Å². The van der Waals surface area contributed by atoms with Crippen molar-refractivity contribution in [3.8, 4) is 0 Å². The van der Waals surface area contributed by atoms with E-state index in [-0.39, 0.29) is 0 Å². The number of hydrogen-bond acceptors (Lipinski definition) is 3. The van der Waals surface area contributed by atoms with E-state index in [1.54, 1.807) is 0 Å². The molecule has 0 radical (unpaired) electrons. The van der Waals surface area contributed by atoms with Crippen LogP contribution in [0.4, 0.5) is 0 Å². The van der Waals surface area contributed by atoms with Gasteiger partial charge in [-0.3, -0.25) is 4.79 Å². The highest BCUT2D eigenvalue weighted by molar-refractivity contribution is 5.72. The Labute approximate surface area is 66.1 Å². The van der Waals surface area contributed by atoms with Gasteiger partial charge in [0, 0.05) is 12.2 Å². The first-order valence-electron chi connectivity index (χ1n) is 3.42. The van der Waals surface area contributed by atoms with Crippen molar-refractivity contribution in [3.63, 3.8) is 0 Å². The zero-order valence-electron chi connectivity index (χ0n) is 6.63. The summed E-state index contributed by atoms with van der Waals surface area (Å²) in [6.45, 7) is 5.97. The molecule has 4 heteroatoms. The first kappa shape index (κ1) is 9.97.